The Balaban J connectivity index is 1.93. The van der Waals surface area contributed by atoms with Gasteiger partial charge in [0.25, 0.3) is 0 Å². The number of methoxy groups -OCH3 is 1. The van der Waals surface area contributed by atoms with Crippen LogP contribution in [0.1, 0.15) is 139 Å². The summed E-state index contributed by atoms with van der Waals surface area (Å²) in [5, 5.41) is 40.2. The zero-order chi connectivity index (χ0) is 54.0. The lowest BCUT2D eigenvalue weighted by atomic mass is 9.86. The summed E-state index contributed by atoms with van der Waals surface area (Å²) in [5.74, 6) is -2.21. The molecule has 1 aliphatic heterocycles. The fourth-order valence-corrected chi connectivity index (χ4v) is 8.27. The van der Waals surface area contributed by atoms with Crippen molar-refractivity contribution in [2.45, 2.75) is 193 Å². The van der Waals surface area contributed by atoms with Crippen LogP contribution in [0.2, 0.25) is 0 Å². The highest BCUT2D eigenvalue weighted by Crippen LogP contribution is 2.29. The topological polar surface area (TPSA) is 255 Å². The minimum Gasteiger partial charge on any atom is -0.444 e. The summed E-state index contributed by atoms with van der Waals surface area (Å²) in [6.07, 6.45) is -3.54. The average molecular weight is 1010 g/mol. The number of unbranched alkanes of at least 4 members (excludes halogenated alkanes) is 1. The van der Waals surface area contributed by atoms with Crippen molar-refractivity contribution in [2.24, 2.45) is 5.92 Å². The maximum atomic E-state index is 14.6. The maximum Gasteiger partial charge on any atom is 0.408 e. The third-order valence-corrected chi connectivity index (χ3v) is 11.8. The summed E-state index contributed by atoms with van der Waals surface area (Å²) in [6.45, 7) is 21.6. The Morgan fingerprint density at radius 3 is 1.72 bits per heavy atom. The molecule has 404 valence electrons. The highest BCUT2D eigenvalue weighted by molar-refractivity contribution is 5.93. The van der Waals surface area contributed by atoms with Crippen LogP contribution in [0.3, 0.4) is 0 Å². The SMILES string of the molecule is COC(O)C1(NC(=O)OC(C)(C)C)CCN(C(=O)[C@@H](CCCCNC(=O)OC(C)(C)C)NC(=O)[C@@H](CC(C)C)NC(=O)[C@@H](Cc2ccccc2)NC(O)C(NC(=O)OC(C)(C)C)[C@H](C)c2ccccc2)CC1. The van der Waals surface area contributed by atoms with E-state index in [1.165, 1.54) is 7.11 Å². The van der Waals surface area contributed by atoms with Crippen LogP contribution in [0, 0.1) is 5.92 Å². The molecular weight excluding hydrogens is 927 g/mol. The fourth-order valence-electron chi connectivity index (χ4n) is 8.27. The van der Waals surface area contributed by atoms with Crippen molar-refractivity contribution in [2.75, 3.05) is 26.7 Å². The van der Waals surface area contributed by atoms with E-state index in [0.717, 1.165) is 11.1 Å². The van der Waals surface area contributed by atoms with Gasteiger partial charge in [-0.05, 0) is 124 Å². The minimum absolute atomic E-state index is 0.0790. The van der Waals surface area contributed by atoms with Crippen molar-refractivity contribution in [3.8, 4) is 0 Å². The van der Waals surface area contributed by atoms with Crippen molar-refractivity contribution in [1.82, 2.24) is 36.8 Å². The van der Waals surface area contributed by atoms with Gasteiger partial charge in [0, 0.05) is 32.7 Å². The first-order chi connectivity index (χ1) is 33.5. The quantitative estimate of drug-likeness (QED) is 0.0375. The standard InChI is InChI=1S/C53H85N7O12/c1-34(2)32-39(56-43(62)40(33-36-22-16-14-17-23-36)57-44(63)41(58-48(67)71-51(7,8)9)35(3)37-24-18-15-19-25-37)42(61)55-38(26-20-21-29-54-47(66)70-50(4,5)6)45(64)60-30-27-53(28-31-60,46(65)69-13)59-49(68)72-52(10,11)12/h14-19,22-25,34-35,38-41,44,46,57,63,65H,20-21,26-33H2,1-13H3,(H,54,66)(H,55,61)(H,56,62)(H,58,67)(H,59,68)/t35-,38-,39-,40-,41?,44?,46?/m1/s1. The van der Waals surface area contributed by atoms with Crippen molar-refractivity contribution in [3.05, 3.63) is 71.8 Å². The molecule has 0 spiro atoms. The highest BCUT2D eigenvalue weighted by atomic mass is 16.6. The van der Waals surface area contributed by atoms with Gasteiger partial charge >= 0.3 is 18.3 Å². The first kappa shape index (κ1) is 60.8. The number of nitrogens with one attached hydrogen (secondary N) is 6. The predicted molar refractivity (Wildman–Crippen MR) is 273 cm³/mol. The monoisotopic (exact) mass is 1010 g/mol. The molecule has 1 heterocycles. The molecule has 2 aromatic carbocycles. The van der Waals surface area contributed by atoms with E-state index in [1.807, 2.05) is 81.4 Å². The van der Waals surface area contributed by atoms with Crippen LogP contribution in [0.4, 0.5) is 14.4 Å². The lowest BCUT2D eigenvalue weighted by Crippen LogP contribution is -2.64. The van der Waals surface area contributed by atoms with E-state index in [2.05, 4.69) is 31.9 Å². The Kier molecular flexibility index (Phi) is 23.2. The van der Waals surface area contributed by atoms with Gasteiger partial charge in [0.15, 0.2) is 6.29 Å². The number of rotatable bonds is 23. The Bertz CT molecular complexity index is 2030. The second-order valence-corrected chi connectivity index (χ2v) is 22.1. The van der Waals surface area contributed by atoms with E-state index in [-0.39, 0.29) is 57.7 Å². The van der Waals surface area contributed by atoms with Crippen LogP contribution in [0.25, 0.3) is 0 Å². The van der Waals surface area contributed by atoms with E-state index in [9.17, 15) is 39.0 Å². The van der Waals surface area contributed by atoms with Crippen molar-refractivity contribution in [3.63, 3.8) is 0 Å². The molecule has 0 saturated carbocycles. The van der Waals surface area contributed by atoms with E-state index >= 15 is 0 Å². The molecule has 6 amide bonds. The first-order valence-corrected chi connectivity index (χ1v) is 25.1. The smallest absolute Gasteiger partial charge is 0.408 e. The fraction of sp³-hybridized carbons (Fsp3) is 0.660. The zero-order valence-corrected chi connectivity index (χ0v) is 44.9. The number of carbonyl (C=O) groups excluding carboxylic acids is 6. The molecule has 7 atom stereocenters. The first-order valence-electron chi connectivity index (χ1n) is 25.1. The molecule has 1 fully saturated rings. The van der Waals surface area contributed by atoms with Crippen LogP contribution < -0.4 is 31.9 Å². The molecule has 0 radical (unpaired) electrons. The number of alkyl carbamates (subject to hydrolysis) is 3. The third kappa shape index (κ3) is 21.3. The molecule has 0 bridgehead atoms. The second-order valence-electron chi connectivity index (χ2n) is 22.1. The number of hydrogen-bond acceptors (Lipinski definition) is 13. The van der Waals surface area contributed by atoms with Gasteiger partial charge in [-0.3, -0.25) is 19.7 Å². The second kappa shape index (κ2) is 27.5. The Morgan fingerprint density at radius 2 is 1.18 bits per heavy atom. The van der Waals surface area contributed by atoms with Crippen LogP contribution in [0.5, 0.6) is 0 Å². The number of hydrogen-bond donors (Lipinski definition) is 8. The van der Waals surface area contributed by atoms with E-state index < -0.39 is 101 Å². The van der Waals surface area contributed by atoms with Gasteiger partial charge in [-0.2, -0.15) is 0 Å². The van der Waals surface area contributed by atoms with E-state index in [4.69, 9.17) is 18.9 Å². The van der Waals surface area contributed by atoms with Crippen molar-refractivity contribution >= 4 is 36.0 Å². The molecule has 72 heavy (non-hydrogen) atoms. The molecule has 0 aromatic heterocycles. The van der Waals surface area contributed by atoms with Crippen LogP contribution >= 0.6 is 0 Å². The molecule has 3 rings (SSSR count). The molecule has 1 aliphatic rings. The summed E-state index contributed by atoms with van der Waals surface area (Å²) in [7, 11) is 1.31. The Hall–Kier alpha value is -5.50. The lowest BCUT2D eigenvalue weighted by molar-refractivity contribution is -0.155. The van der Waals surface area contributed by atoms with E-state index in [1.54, 1.807) is 67.2 Å². The normalized spacial score (nSPS) is 16.9. The molecule has 19 heteroatoms. The van der Waals surface area contributed by atoms with Gasteiger partial charge in [0.05, 0.1) is 17.6 Å². The molecule has 3 unspecified atom stereocenters. The Morgan fingerprint density at radius 1 is 0.667 bits per heavy atom. The summed E-state index contributed by atoms with van der Waals surface area (Å²) >= 11 is 0. The summed E-state index contributed by atoms with van der Waals surface area (Å²) < 4.78 is 21.7. The van der Waals surface area contributed by atoms with Gasteiger partial charge < -0.3 is 60.6 Å². The number of carbonyl (C=O) groups is 6. The largest absolute Gasteiger partial charge is 0.444 e. The predicted octanol–water partition coefficient (Wildman–Crippen LogP) is 5.76. The molecular formula is C53H85N7O12. The number of likely N-dealkylation sites (tertiary alicyclic amines) is 1. The molecule has 0 aliphatic carbocycles. The maximum absolute atomic E-state index is 14.6. The molecule has 1 saturated heterocycles. The highest BCUT2D eigenvalue weighted by Gasteiger charge is 2.45. The lowest BCUT2D eigenvalue weighted by Gasteiger charge is -2.44. The van der Waals surface area contributed by atoms with Gasteiger partial charge in [0.2, 0.25) is 17.7 Å². The molecule has 8 N–H and O–H groups in total. The summed E-state index contributed by atoms with van der Waals surface area (Å²) in [5.41, 5.74) is -2.05. The number of benzene rings is 2. The van der Waals surface area contributed by atoms with Crippen molar-refractivity contribution in [1.29, 1.82) is 0 Å². The summed E-state index contributed by atoms with van der Waals surface area (Å²) in [4.78, 5) is 83.8. The number of aliphatic hydroxyl groups is 2. The summed E-state index contributed by atoms with van der Waals surface area (Å²) in [6, 6.07) is 14.1. The van der Waals surface area contributed by atoms with E-state index in [0.29, 0.717) is 12.8 Å². The number of piperidine rings is 1. The number of nitrogens with zero attached hydrogens (tertiary/aromatic N) is 1. The number of aliphatic hydroxyl groups excluding tert-OH is 2. The van der Waals surface area contributed by atoms with Gasteiger partial charge in [-0.15, -0.1) is 0 Å². The van der Waals surface area contributed by atoms with Gasteiger partial charge in [0.1, 0.15) is 35.1 Å². The minimum atomic E-state index is -1.50. The van der Waals surface area contributed by atoms with Gasteiger partial charge in [-0.1, -0.05) is 81.4 Å². The number of amides is 6. The van der Waals surface area contributed by atoms with Crippen LogP contribution in [0.15, 0.2) is 60.7 Å². The Labute approximate surface area is 427 Å². The third-order valence-electron chi connectivity index (χ3n) is 11.8. The molecule has 19 nitrogen and oxygen atoms in total. The van der Waals surface area contributed by atoms with Crippen LogP contribution in [-0.4, -0.2) is 137 Å². The van der Waals surface area contributed by atoms with Crippen LogP contribution in [-0.2, 0) is 39.8 Å². The zero-order valence-electron chi connectivity index (χ0n) is 44.9. The average Bonchev–Trinajstić information content (AvgIpc) is 3.27. The molecule has 2 aromatic rings. The van der Waals surface area contributed by atoms with Crippen molar-refractivity contribution < 1.29 is 57.9 Å². The van der Waals surface area contributed by atoms with Gasteiger partial charge in [-0.25, -0.2) is 14.4 Å². The number of ether oxygens (including phenoxy) is 4.